The molecule has 2 aromatic rings. The molecule has 1 aromatic heterocycles. The Morgan fingerprint density at radius 1 is 1.18 bits per heavy atom. The smallest absolute Gasteiger partial charge is 0.294 e. The number of benzene rings is 1. The molecule has 0 aliphatic heterocycles. The monoisotopic (exact) mass is 231 g/mol. The topological polar surface area (TPSA) is 53.0 Å². The fourth-order valence-electron chi connectivity index (χ4n) is 2.19. The Morgan fingerprint density at radius 3 is 2.24 bits per heavy atom. The first-order valence-corrected chi connectivity index (χ1v) is 5.66. The van der Waals surface area contributed by atoms with Crippen LogP contribution >= 0.6 is 0 Å². The van der Waals surface area contributed by atoms with Crippen molar-refractivity contribution in [3.63, 3.8) is 0 Å². The lowest BCUT2D eigenvalue weighted by Gasteiger charge is -2.11. The number of hydrogen-bond donors (Lipinski definition) is 1. The Morgan fingerprint density at radius 2 is 1.76 bits per heavy atom. The van der Waals surface area contributed by atoms with E-state index in [1.807, 2.05) is 55.9 Å². The van der Waals surface area contributed by atoms with Crippen molar-refractivity contribution in [2.45, 2.75) is 19.8 Å². The van der Waals surface area contributed by atoms with Gasteiger partial charge in [-0.15, -0.1) is 0 Å². The summed E-state index contributed by atoms with van der Waals surface area (Å²) in [5.74, 6) is 0.220. The lowest BCUT2D eigenvalue weighted by atomic mass is 10.1. The second-order valence-electron chi connectivity index (χ2n) is 4.43. The van der Waals surface area contributed by atoms with Gasteiger partial charge in [0.1, 0.15) is 5.69 Å². The van der Waals surface area contributed by atoms with E-state index in [2.05, 4.69) is 0 Å². The zero-order valence-electron chi connectivity index (χ0n) is 10.3. The summed E-state index contributed by atoms with van der Waals surface area (Å²) < 4.78 is 3.43. The number of para-hydroxylation sites is 1. The van der Waals surface area contributed by atoms with Gasteiger partial charge in [-0.3, -0.25) is 9.48 Å². The normalized spacial score (nSPS) is 11.1. The largest absolute Gasteiger partial charge is 0.393 e. The number of nitrogens with two attached hydrogens (primary N) is 1. The van der Waals surface area contributed by atoms with Gasteiger partial charge in [-0.25, -0.2) is 4.68 Å². The molecule has 2 rings (SSSR count). The SMILES string of the molecule is CC(C)c1c(N)c(=O)n(-c2ccccc2)n1C. The molecule has 1 heterocycles. The van der Waals surface area contributed by atoms with E-state index in [9.17, 15) is 4.79 Å². The van der Waals surface area contributed by atoms with Crippen LogP contribution in [-0.2, 0) is 7.05 Å². The predicted octanol–water partition coefficient (Wildman–Crippen LogP) is 1.88. The number of rotatable bonds is 2. The molecule has 4 nitrogen and oxygen atoms in total. The van der Waals surface area contributed by atoms with Crippen LogP contribution < -0.4 is 11.3 Å². The summed E-state index contributed by atoms with van der Waals surface area (Å²) in [6.07, 6.45) is 0. The zero-order chi connectivity index (χ0) is 12.6. The Kier molecular flexibility index (Phi) is 2.79. The quantitative estimate of drug-likeness (QED) is 0.858. The van der Waals surface area contributed by atoms with E-state index < -0.39 is 0 Å². The second-order valence-corrected chi connectivity index (χ2v) is 4.43. The minimum atomic E-state index is -0.151. The van der Waals surface area contributed by atoms with Gasteiger partial charge in [-0.2, -0.15) is 0 Å². The predicted molar refractivity (Wildman–Crippen MR) is 69.5 cm³/mol. The number of hydrogen-bond acceptors (Lipinski definition) is 2. The van der Waals surface area contributed by atoms with E-state index in [0.29, 0.717) is 5.69 Å². The van der Waals surface area contributed by atoms with E-state index in [1.54, 1.807) is 4.68 Å². The summed E-state index contributed by atoms with van der Waals surface area (Å²) in [7, 11) is 1.86. The highest BCUT2D eigenvalue weighted by atomic mass is 16.1. The number of nitrogen functional groups attached to an aromatic ring is 1. The van der Waals surface area contributed by atoms with Gasteiger partial charge in [0.2, 0.25) is 0 Å². The van der Waals surface area contributed by atoms with E-state index in [0.717, 1.165) is 11.4 Å². The van der Waals surface area contributed by atoms with Crippen LogP contribution in [0.15, 0.2) is 35.1 Å². The Hall–Kier alpha value is -1.97. The zero-order valence-corrected chi connectivity index (χ0v) is 10.3. The van der Waals surface area contributed by atoms with Crippen molar-refractivity contribution < 1.29 is 0 Å². The van der Waals surface area contributed by atoms with Crippen molar-refractivity contribution in [1.29, 1.82) is 0 Å². The number of anilines is 1. The van der Waals surface area contributed by atoms with Crippen LogP contribution in [0, 0.1) is 0 Å². The van der Waals surface area contributed by atoms with Crippen LogP contribution in [0.25, 0.3) is 5.69 Å². The first kappa shape index (κ1) is 11.5. The van der Waals surface area contributed by atoms with Crippen LogP contribution in [0.5, 0.6) is 0 Å². The van der Waals surface area contributed by atoms with Crippen molar-refractivity contribution in [1.82, 2.24) is 9.36 Å². The summed E-state index contributed by atoms with van der Waals surface area (Å²) in [4.78, 5) is 12.1. The average Bonchev–Trinajstić information content (AvgIpc) is 2.51. The summed E-state index contributed by atoms with van der Waals surface area (Å²) in [6, 6.07) is 9.51. The lowest BCUT2D eigenvalue weighted by molar-refractivity contribution is 0.595. The molecule has 0 atom stereocenters. The van der Waals surface area contributed by atoms with Crippen LogP contribution in [0.2, 0.25) is 0 Å². The molecule has 0 spiro atoms. The van der Waals surface area contributed by atoms with Crippen molar-refractivity contribution in [2.75, 3.05) is 5.73 Å². The molecule has 90 valence electrons. The molecule has 0 amide bonds. The number of nitrogens with zero attached hydrogens (tertiary/aromatic N) is 2. The van der Waals surface area contributed by atoms with Crippen LogP contribution in [0.1, 0.15) is 25.5 Å². The summed E-state index contributed by atoms with van der Waals surface area (Å²) in [6.45, 7) is 4.06. The molecule has 1 aromatic carbocycles. The first-order chi connectivity index (χ1) is 8.04. The van der Waals surface area contributed by atoms with Crippen LogP contribution in [-0.4, -0.2) is 9.36 Å². The van der Waals surface area contributed by atoms with Gasteiger partial charge in [0.25, 0.3) is 5.56 Å². The molecule has 0 unspecified atom stereocenters. The van der Waals surface area contributed by atoms with Gasteiger partial charge in [-0.05, 0) is 18.1 Å². The summed E-state index contributed by atoms with van der Waals surface area (Å²) in [5.41, 5.74) is 7.78. The van der Waals surface area contributed by atoms with E-state index in [4.69, 9.17) is 5.73 Å². The molecule has 2 N–H and O–H groups in total. The van der Waals surface area contributed by atoms with E-state index >= 15 is 0 Å². The van der Waals surface area contributed by atoms with Gasteiger partial charge in [-0.1, -0.05) is 32.0 Å². The highest BCUT2D eigenvalue weighted by Gasteiger charge is 2.18. The van der Waals surface area contributed by atoms with Gasteiger partial charge in [0, 0.05) is 7.05 Å². The summed E-state index contributed by atoms with van der Waals surface area (Å²) >= 11 is 0. The summed E-state index contributed by atoms with van der Waals surface area (Å²) in [5, 5.41) is 0. The highest BCUT2D eigenvalue weighted by molar-refractivity contribution is 5.46. The molecule has 0 bridgehead atoms. The first-order valence-electron chi connectivity index (χ1n) is 5.66. The van der Waals surface area contributed by atoms with Crippen LogP contribution in [0.4, 0.5) is 5.69 Å². The van der Waals surface area contributed by atoms with Gasteiger partial charge >= 0.3 is 0 Å². The maximum atomic E-state index is 12.1. The maximum Gasteiger partial charge on any atom is 0.294 e. The van der Waals surface area contributed by atoms with E-state index in [-0.39, 0.29) is 11.5 Å². The van der Waals surface area contributed by atoms with Crippen molar-refractivity contribution in [2.24, 2.45) is 7.05 Å². The third kappa shape index (κ3) is 1.75. The number of aromatic nitrogens is 2. The minimum absolute atomic E-state index is 0.151. The van der Waals surface area contributed by atoms with Crippen molar-refractivity contribution in [3.05, 3.63) is 46.4 Å². The van der Waals surface area contributed by atoms with Crippen LogP contribution in [0.3, 0.4) is 0 Å². The Balaban J connectivity index is 2.73. The third-order valence-electron chi connectivity index (χ3n) is 2.90. The molecule has 4 heteroatoms. The second kappa shape index (κ2) is 4.13. The molecule has 0 aliphatic carbocycles. The average molecular weight is 231 g/mol. The molecule has 17 heavy (non-hydrogen) atoms. The molecule has 0 radical (unpaired) electrons. The molecule has 0 fully saturated rings. The molecule has 0 saturated carbocycles. The molecule has 0 saturated heterocycles. The van der Waals surface area contributed by atoms with Crippen molar-refractivity contribution >= 4 is 5.69 Å². The maximum absolute atomic E-state index is 12.1. The van der Waals surface area contributed by atoms with Crippen molar-refractivity contribution in [3.8, 4) is 5.69 Å². The molecular formula is C13H17N3O. The standard InChI is InChI=1S/C13H17N3O/c1-9(2)12-11(14)13(17)16(15(12)3)10-7-5-4-6-8-10/h4-9H,14H2,1-3H3. The Bertz CT molecular complexity index is 579. The van der Waals surface area contributed by atoms with Gasteiger partial charge < -0.3 is 5.73 Å². The lowest BCUT2D eigenvalue weighted by Crippen LogP contribution is -2.20. The Labute approximate surface area is 100 Å². The van der Waals surface area contributed by atoms with Gasteiger partial charge in [0.15, 0.2) is 0 Å². The molecular weight excluding hydrogens is 214 g/mol. The van der Waals surface area contributed by atoms with E-state index in [1.165, 1.54) is 0 Å². The fourth-order valence-corrected chi connectivity index (χ4v) is 2.19. The highest BCUT2D eigenvalue weighted by Crippen LogP contribution is 2.20. The minimum Gasteiger partial charge on any atom is -0.393 e. The van der Waals surface area contributed by atoms with Gasteiger partial charge in [0.05, 0.1) is 11.4 Å². The fraction of sp³-hybridized carbons (Fsp3) is 0.308. The third-order valence-corrected chi connectivity index (χ3v) is 2.90. The molecule has 0 aliphatic rings.